The van der Waals surface area contributed by atoms with Gasteiger partial charge in [-0.25, -0.2) is 0 Å². The molecule has 0 spiro atoms. The van der Waals surface area contributed by atoms with Crippen LogP contribution in [0.25, 0.3) is 0 Å². The Bertz CT molecular complexity index is 643. The zero-order chi connectivity index (χ0) is 17.9. The van der Waals surface area contributed by atoms with E-state index in [-0.39, 0.29) is 12.6 Å². The number of esters is 1. The Morgan fingerprint density at radius 3 is 1.88 bits per heavy atom. The summed E-state index contributed by atoms with van der Waals surface area (Å²) in [5.74, 6) is 1.91. The highest BCUT2D eigenvalue weighted by molar-refractivity contribution is 7.99. The van der Waals surface area contributed by atoms with Crippen molar-refractivity contribution in [3.63, 3.8) is 0 Å². The van der Waals surface area contributed by atoms with Crippen LogP contribution in [0.4, 0.5) is 0 Å². The second kappa shape index (κ2) is 10.9. The van der Waals surface area contributed by atoms with Gasteiger partial charge in [-0.3, -0.25) is 4.79 Å². The Hall–Kier alpha value is -1.85. The van der Waals surface area contributed by atoms with Crippen LogP contribution < -0.4 is 9.47 Å². The summed E-state index contributed by atoms with van der Waals surface area (Å²) in [6.07, 6.45) is 0.841. The molecule has 0 aliphatic carbocycles. The van der Waals surface area contributed by atoms with Crippen molar-refractivity contribution in [1.82, 2.24) is 0 Å². The van der Waals surface area contributed by atoms with Gasteiger partial charge in [0.2, 0.25) is 0 Å². The standard InChI is InChI=1S/C19H21ClO4S/c1-15(21)22-13-14-24-17-5-9-19(10-6-17)25-18-7-3-16(4-8-18)23-12-2-11-20/h3-10H,2,11-14H2,1H3. The molecule has 2 aromatic carbocycles. The van der Waals surface area contributed by atoms with E-state index in [9.17, 15) is 4.79 Å². The van der Waals surface area contributed by atoms with Crippen molar-refractivity contribution in [2.45, 2.75) is 23.1 Å². The Morgan fingerprint density at radius 2 is 1.40 bits per heavy atom. The van der Waals surface area contributed by atoms with E-state index in [1.54, 1.807) is 11.8 Å². The number of halogens is 1. The van der Waals surface area contributed by atoms with Gasteiger partial charge in [0.05, 0.1) is 6.61 Å². The number of hydrogen-bond acceptors (Lipinski definition) is 5. The average molecular weight is 381 g/mol. The molecule has 6 heteroatoms. The maximum Gasteiger partial charge on any atom is 0.302 e. The molecule has 0 aliphatic heterocycles. The second-order valence-electron chi connectivity index (χ2n) is 5.12. The fourth-order valence-electron chi connectivity index (χ4n) is 1.93. The maximum absolute atomic E-state index is 10.7. The molecule has 0 N–H and O–H groups in total. The third kappa shape index (κ3) is 7.71. The molecule has 0 fully saturated rings. The molecule has 134 valence electrons. The number of ether oxygens (including phenoxy) is 3. The van der Waals surface area contributed by atoms with E-state index >= 15 is 0 Å². The van der Waals surface area contributed by atoms with E-state index in [2.05, 4.69) is 0 Å². The molecule has 2 aromatic rings. The van der Waals surface area contributed by atoms with Gasteiger partial charge >= 0.3 is 5.97 Å². The van der Waals surface area contributed by atoms with Crippen LogP contribution in [0.5, 0.6) is 11.5 Å². The lowest BCUT2D eigenvalue weighted by atomic mass is 10.3. The van der Waals surface area contributed by atoms with Crippen LogP contribution in [0, 0.1) is 0 Å². The Kier molecular flexibility index (Phi) is 8.49. The van der Waals surface area contributed by atoms with E-state index < -0.39 is 0 Å². The van der Waals surface area contributed by atoms with Crippen LogP contribution in [-0.4, -0.2) is 31.7 Å². The van der Waals surface area contributed by atoms with Gasteiger partial charge in [-0.15, -0.1) is 11.6 Å². The van der Waals surface area contributed by atoms with E-state index in [1.165, 1.54) is 6.92 Å². The quantitative estimate of drug-likeness (QED) is 0.337. The topological polar surface area (TPSA) is 44.8 Å². The van der Waals surface area contributed by atoms with Crippen molar-refractivity contribution in [3.8, 4) is 11.5 Å². The lowest BCUT2D eigenvalue weighted by Gasteiger charge is -2.08. The summed E-state index contributed by atoms with van der Waals surface area (Å²) in [5.41, 5.74) is 0. The van der Waals surface area contributed by atoms with Crippen molar-refractivity contribution in [3.05, 3.63) is 48.5 Å². The van der Waals surface area contributed by atoms with E-state index in [0.29, 0.717) is 19.1 Å². The van der Waals surface area contributed by atoms with Gasteiger partial charge in [-0.1, -0.05) is 11.8 Å². The summed E-state index contributed by atoms with van der Waals surface area (Å²) in [6.45, 7) is 2.61. The van der Waals surface area contributed by atoms with Crippen molar-refractivity contribution in [2.75, 3.05) is 25.7 Å². The number of carbonyl (C=O) groups excluding carboxylic acids is 1. The highest BCUT2D eigenvalue weighted by Gasteiger charge is 2.01. The fourth-order valence-corrected chi connectivity index (χ4v) is 2.86. The molecule has 0 bridgehead atoms. The zero-order valence-electron chi connectivity index (χ0n) is 14.1. The summed E-state index contributed by atoms with van der Waals surface area (Å²) in [7, 11) is 0. The summed E-state index contributed by atoms with van der Waals surface area (Å²) in [4.78, 5) is 12.9. The first-order valence-corrected chi connectivity index (χ1v) is 9.35. The molecule has 0 radical (unpaired) electrons. The molecular formula is C19H21ClO4S. The minimum Gasteiger partial charge on any atom is -0.494 e. The molecule has 0 saturated heterocycles. The van der Waals surface area contributed by atoms with Gasteiger partial charge in [-0.05, 0) is 55.0 Å². The lowest BCUT2D eigenvalue weighted by molar-refractivity contribution is -0.141. The van der Waals surface area contributed by atoms with Gasteiger partial charge in [0.1, 0.15) is 24.7 Å². The highest BCUT2D eigenvalue weighted by Crippen LogP contribution is 2.30. The van der Waals surface area contributed by atoms with Gasteiger partial charge in [0.25, 0.3) is 0 Å². The van der Waals surface area contributed by atoms with E-state index in [1.807, 2.05) is 48.5 Å². The van der Waals surface area contributed by atoms with Crippen molar-refractivity contribution in [2.24, 2.45) is 0 Å². The van der Waals surface area contributed by atoms with Crippen LogP contribution in [0.1, 0.15) is 13.3 Å². The molecule has 2 rings (SSSR count). The van der Waals surface area contributed by atoms with Gasteiger partial charge < -0.3 is 14.2 Å². The second-order valence-corrected chi connectivity index (χ2v) is 6.65. The number of carbonyl (C=O) groups is 1. The number of hydrogen-bond donors (Lipinski definition) is 0. The summed E-state index contributed by atoms with van der Waals surface area (Å²) < 4.78 is 15.9. The van der Waals surface area contributed by atoms with Gasteiger partial charge in [-0.2, -0.15) is 0 Å². The Balaban J connectivity index is 1.79. The molecule has 0 aliphatic rings. The fraction of sp³-hybridized carbons (Fsp3) is 0.316. The molecule has 0 heterocycles. The van der Waals surface area contributed by atoms with Crippen molar-refractivity contribution >= 4 is 29.3 Å². The molecule has 0 saturated carbocycles. The zero-order valence-corrected chi connectivity index (χ0v) is 15.6. The van der Waals surface area contributed by atoms with E-state index in [0.717, 1.165) is 27.7 Å². The number of benzene rings is 2. The van der Waals surface area contributed by atoms with Crippen LogP contribution in [0.15, 0.2) is 58.3 Å². The predicted molar refractivity (Wildman–Crippen MR) is 100.0 cm³/mol. The molecule has 25 heavy (non-hydrogen) atoms. The van der Waals surface area contributed by atoms with Crippen LogP contribution in [0.3, 0.4) is 0 Å². The minimum absolute atomic E-state index is 0.255. The summed E-state index contributed by atoms with van der Waals surface area (Å²) in [6, 6.07) is 15.8. The third-order valence-electron chi connectivity index (χ3n) is 3.09. The Labute approximate surface area is 157 Å². The first-order valence-electron chi connectivity index (χ1n) is 8.00. The largest absolute Gasteiger partial charge is 0.494 e. The molecule has 0 aromatic heterocycles. The molecule has 0 atom stereocenters. The smallest absolute Gasteiger partial charge is 0.302 e. The molecule has 0 amide bonds. The van der Waals surface area contributed by atoms with Crippen LogP contribution in [0.2, 0.25) is 0 Å². The van der Waals surface area contributed by atoms with Gasteiger partial charge in [0.15, 0.2) is 0 Å². The SMILES string of the molecule is CC(=O)OCCOc1ccc(Sc2ccc(OCCCCl)cc2)cc1. The Morgan fingerprint density at radius 1 is 0.880 bits per heavy atom. The molecule has 4 nitrogen and oxygen atoms in total. The average Bonchev–Trinajstić information content (AvgIpc) is 2.62. The lowest BCUT2D eigenvalue weighted by Crippen LogP contribution is -2.09. The molecular weight excluding hydrogens is 360 g/mol. The summed E-state index contributed by atoms with van der Waals surface area (Å²) >= 11 is 7.29. The summed E-state index contributed by atoms with van der Waals surface area (Å²) in [5, 5.41) is 0. The first-order chi connectivity index (χ1) is 12.2. The number of rotatable bonds is 10. The first kappa shape index (κ1) is 19.5. The van der Waals surface area contributed by atoms with Crippen molar-refractivity contribution < 1.29 is 19.0 Å². The monoisotopic (exact) mass is 380 g/mol. The number of alkyl halides is 1. The molecule has 0 unspecified atom stereocenters. The highest BCUT2D eigenvalue weighted by atomic mass is 35.5. The predicted octanol–water partition coefficient (Wildman–Crippen LogP) is 4.79. The third-order valence-corrected chi connectivity index (χ3v) is 4.37. The normalized spacial score (nSPS) is 10.3. The minimum atomic E-state index is -0.300. The van der Waals surface area contributed by atoms with Gasteiger partial charge in [0, 0.05) is 22.6 Å². The van der Waals surface area contributed by atoms with Crippen LogP contribution in [-0.2, 0) is 9.53 Å². The van der Waals surface area contributed by atoms with Crippen LogP contribution >= 0.6 is 23.4 Å². The van der Waals surface area contributed by atoms with Crippen molar-refractivity contribution in [1.29, 1.82) is 0 Å². The maximum atomic E-state index is 10.7. The van der Waals surface area contributed by atoms with E-state index in [4.69, 9.17) is 25.8 Å².